The summed E-state index contributed by atoms with van der Waals surface area (Å²) in [5, 5.41) is 0. The summed E-state index contributed by atoms with van der Waals surface area (Å²) in [6, 6.07) is 4.64. The van der Waals surface area contributed by atoms with Gasteiger partial charge in [-0.3, -0.25) is 20.0 Å². The molecule has 6 heteroatoms. The molecule has 3 heterocycles. The number of amides is 1. The first-order valence-electron chi connectivity index (χ1n) is 7.82. The second kappa shape index (κ2) is 6.87. The van der Waals surface area contributed by atoms with E-state index in [0.29, 0.717) is 4.88 Å². The van der Waals surface area contributed by atoms with Crippen molar-refractivity contribution in [3.8, 4) is 0 Å². The van der Waals surface area contributed by atoms with Gasteiger partial charge in [0.15, 0.2) is 0 Å². The standard InChI is InChI=1S/C15H24N4OS/c16-17-15(20)14-5-4-13(21-14)11-18-9-6-12(10-18)19-7-2-1-3-8-19/h4-5,12H,1-3,6-11,16H2,(H,17,20). The highest BCUT2D eigenvalue weighted by Gasteiger charge is 2.28. The van der Waals surface area contributed by atoms with Crippen molar-refractivity contribution >= 4 is 17.2 Å². The third-order valence-electron chi connectivity index (χ3n) is 4.55. The molecule has 3 rings (SSSR count). The summed E-state index contributed by atoms with van der Waals surface area (Å²) >= 11 is 1.54. The number of thiophene rings is 1. The van der Waals surface area contributed by atoms with Crippen LogP contribution in [-0.4, -0.2) is 47.9 Å². The summed E-state index contributed by atoms with van der Waals surface area (Å²) in [6.45, 7) is 5.83. The molecule has 0 bridgehead atoms. The van der Waals surface area contributed by atoms with Gasteiger partial charge in [-0.25, -0.2) is 5.84 Å². The van der Waals surface area contributed by atoms with E-state index in [2.05, 4.69) is 15.2 Å². The van der Waals surface area contributed by atoms with Crippen LogP contribution >= 0.6 is 11.3 Å². The molecular weight excluding hydrogens is 284 g/mol. The van der Waals surface area contributed by atoms with Crippen LogP contribution in [-0.2, 0) is 6.54 Å². The van der Waals surface area contributed by atoms with E-state index >= 15 is 0 Å². The predicted octanol–water partition coefficient (Wildman–Crippen LogP) is 1.41. The second-order valence-electron chi connectivity index (χ2n) is 6.01. The van der Waals surface area contributed by atoms with Gasteiger partial charge in [0.1, 0.15) is 0 Å². The maximum absolute atomic E-state index is 11.5. The van der Waals surface area contributed by atoms with E-state index in [-0.39, 0.29) is 5.91 Å². The average Bonchev–Trinajstić information content (AvgIpc) is 3.17. The molecule has 2 aliphatic heterocycles. The fraction of sp³-hybridized carbons (Fsp3) is 0.667. The number of rotatable bonds is 4. The lowest BCUT2D eigenvalue weighted by molar-refractivity contribution is 0.0957. The lowest BCUT2D eigenvalue weighted by atomic mass is 10.1. The van der Waals surface area contributed by atoms with Crippen LogP contribution in [0.5, 0.6) is 0 Å². The molecular formula is C15H24N4OS. The fourth-order valence-electron chi connectivity index (χ4n) is 3.41. The molecule has 1 unspecified atom stereocenters. The zero-order valence-electron chi connectivity index (χ0n) is 12.4. The predicted molar refractivity (Wildman–Crippen MR) is 85.1 cm³/mol. The Kier molecular flexibility index (Phi) is 4.90. The Morgan fingerprint density at radius 3 is 2.86 bits per heavy atom. The van der Waals surface area contributed by atoms with Crippen LogP contribution in [0, 0.1) is 0 Å². The van der Waals surface area contributed by atoms with Gasteiger partial charge in [-0.05, 0) is 44.5 Å². The number of hydrazine groups is 1. The van der Waals surface area contributed by atoms with Gasteiger partial charge in [-0.1, -0.05) is 6.42 Å². The van der Waals surface area contributed by atoms with Crippen LogP contribution in [0.25, 0.3) is 0 Å². The molecule has 0 saturated carbocycles. The minimum atomic E-state index is -0.195. The molecule has 0 aliphatic carbocycles. The van der Waals surface area contributed by atoms with Gasteiger partial charge in [-0.15, -0.1) is 11.3 Å². The molecule has 21 heavy (non-hydrogen) atoms. The fourth-order valence-corrected chi connectivity index (χ4v) is 4.37. The molecule has 2 aliphatic rings. The Hall–Kier alpha value is -0.950. The lowest BCUT2D eigenvalue weighted by Gasteiger charge is -2.32. The molecule has 3 N–H and O–H groups in total. The molecule has 0 spiro atoms. The van der Waals surface area contributed by atoms with Crippen molar-refractivity contribution in [3.63, 3.8) is 0 Å². The van der Waals surface area contributed by atoms with Crippen LogP contribution in [0.4, 0.5) is 0 Å². The zero-order chi connectivity index (χ0) is 14.7. The number of carbonyl (C=O) groups excluding carboxylic acids is 1. The number of hydrogen-bond acceptors (Lipinski definition) is 5. The van der Waals surface area contributed by atoms with Crippen molar-refractivity contribution in [2.75, 3.05) is 26.2 Å². The SMILES string of the molecule is NNC(=O)c1ccc(CN2CCC(N3CCCCC3)C2)s1. The van der Waals surface area contributed by atoms with E-state index < -0.39 is 0 Å². The largest absolute Gasteiger partial charge is 0.299 e. The van der Waals surface area contributed by atoms with Crippen molar-refractivity contribution in [2.24, 2.45) is 5.84 Å². The van der Waals surface area contributed by atoms with Gasteiger partial charge in [0, 0.05) is 30.6 Å². The molecule has 1 amide bonds. The van der Waals surface area contributed by atoms with Gasteiger partial charge in [-0.2, -0.15) is 0 Å². The van der Waals surface area contributed by atoms with Crippen molar-refractivity contribution in [1.29, 1.82) is 0 Å². The second-order valence-corrected chi connectivity index (χ2v) is 7.18. The minimum absolute atomic E-state index is 0.195. The molecule has 116 valence electrons. The van der Waals surface area contributed by atoms with Crippen molar-refractivity contribution in [3.05, 3.63) is 21.9 Å². The smallest absolute Gasteiger partial charge is 0.275 e. The van der Waals surface area contributed by atoms with Gasteiger partial charge in [0.2, 0.25) is 0 Å². The number of likely N-dealkylation sites (tertiary alicyclic amines) is 2. The summed E-state index contributed by atoms with van der Waals surface area (Å²) in [5.74, 6) is 4.97. The monoisotopic (exact) mass is 308 g/mol. The number of hydrogen-bond donors (Lipinski definition) is 2. The van der Waals surface area contributed by atoms with E-state index in [1.54, 1.807) is 11.3 Å². The van der Waals surface area contributed by atoms with Crippen molar-refractivity contribution in [1.82, 2.24) is 15.2 Å². The molecule has 5 nitrogen and oxygen atoms in total. The van der Waals surface area contributed by atoms with Crippen LogP contribution in [0.1, 0.15) is 40.2 Å². The summed E-state index contributed by atoms with van der Waals surface area (Å²) in [7, 11) is 0. The summed E-state index contributed by atoms with van der Waals surface area (Å²) in [5.41, 5.74) is 2.19. The summed E-state index contributed by atoms with van der Waals surface area (Å²) in [4.78, 5) is 18.6. The van der Waals surface area contributed by atoms with Crippen LogP contribution in [0.2, 0.25) is 0 Å². The normalized spacial score (nSPS) is 24.3. The van der Waals surface area contributed by atoms with E-state index in [9.17, 15) is 4.79 Å². The third kappa shape index (κ3) is 3.63. The molecule has 1 aromatic rings. The van der Waals surface area contributed by atoms with E-state index in [1.807, 2.05) is 12.1 Å². The number of nitrogens with zero attached hydrogens (tertiary/aromatic N) is 2. The number of nitrogen functional groups attached to an aromatic ring is 1. The van der Waals surface area contributed by atoms with Crippen molar-refractivity contribution in [2.45, 2.75) is 38.3 Å². The first kappa shape index (κ1) is 15.0. The quantitative estimate of drug-likeness (QED) is 0.502. The highest BCUT2D eigenvalue weighted by Crippen LogP contribution is 2.24. The number of carbonyl (C=O) groups is 1. The highest BCUT2D eigenvalue weighted by atomic mass is 32.1. The Balaban J connectivity index is 1.52. The maximum atomic E-state index is 11.5. The summed E-state index contributed by atoms with van der Waals surface area (Å²) < 4.78 is 0. The zero-order valence-corrected chi connectivity index (χ0v) is 13.2. The Labute approximate surface area is 130 Å². The molecule has 2 saturated heterocycles. The Morgan fingerprint density at radius 1 is 1.29 bits per heavy atom. The molecule has 0 radical (unpaired) electrons. The number of nitrogens with one attached hydrogen (secondary N) is 1. The first-order chi connectivity index (χ1) is 10.3. The first-order valence-corrected chi connectivity index (χ1v) is 8.64. The minimum Gasteiger partial charge on any atom is -0.299 e. The highest BCUT2D eigenvalue weighted by molar-refractivity contribution is 7.14. The van der Waals surface area contributed by atoms with Gasteiger partial charge >= 0.3 is 0 Å². The molecule has 1 atom stereocenters. The van der Waals surface area contributed by atoms with Gasteiger partial charge in [0.25, 0.3) is 5.91 Å². The number of piperidine rings is 1. The Bertz CT molecular complexity index is 484. The topological polar surface area (TPSA) is 61.6 Å². The van der Waals surface area contributed by atoms with E-state index in [4.69, 9.17) is 5.84 Å². The number of nitrogens with two attached hydrogens (primary N) is 1. The molecule has 2 fully saturated rings. The van der Waals surface area contributed by atoms with E-state index in [1.165, 1.54) is 43.6 Å². The summed E-state index contributed by atoms with van der Waals surface area (Å²) in [6.07, 6.45) is 5.40. The molecule has 1 aromatic heterocycles. The Morgan fingerprint density at radius 2 is 2.10 bits per heavy atom. The molecule has 0 aromatic carbocycles. The van der Waals surface area contributed by atoms with Gasteiger partial charge in [0.05, 0.1) is 4.88 Å². The van der Waals surface area contributed by atoms with Crippen LogP contribution in [0.15, 0.2) is 12.1 Å². The maximum Gasteiger partial charge on any atom is 0.275 e. The van der Waals surface area contributed by atoms with Gasteiger partial charge < -0.3 is 0 Å². The van der Waals surface area contributed by atoms with Crippen LogP contribution < -0.4 is 11.3 Å². The van der Waals surface area contributed by atoms with E-state index in [0.717, 1.165) is 25.7 Å². The van der Waals surface area contributed by atoms with Crippen LogP contribution in [0.3, 0.4) is 0 Å². The average molecular weight is 308 g/mol. The third-order valence-corrected chi connectivity index (χ3v) is 5.62. The lowest BCUT2D eigenvalue weighted by Crippen LogP contribution is -2.40. The van der Waals surface area contributed by atoms with Crippen molar-refractivity contribution < 1.29 is 4.79 Å².